The highest BCUT2D eigenvalue weighted by molar-refractivity contribution is 5.41. The Morgan fingerprint density at radius 3 is 3.08 bits per heavy atom. The summed E-state index contributed by atoms with van der Waals surface area (Å²) in [5.41, 5.74) is 3.32. The molecule has 1 fully saturated rings. The van der Waals surface area contributed by atoms with E-state index in [4.69, 9.17) is 0 Å². The van der Waals surface area contributed by atoms with Crippen LogP contribution in [0, 0.1) is 6.92 Å². The summed E-state index contributed by atoms with van der Waals surface area (Å²) in [5, 5.41) is 4.49. The Morgan fingerprint density at radius 1 is 1.46 bits per heavy atom. The predicted octanol–water partition coefficient (Wildman–Crippen LogP) is 1.92. The fourth-order valence-corrected chi connectivity index (χ4v) is 1.57. The van der Waals surface area contributed by atoms with Crippen molar-refractivity contribution in [3.8, 4) is 0 Å². The summed E-state index contributed by atoms with van der Waals surface area (Å²) in [6.45, 7) is 2.03. The summed E-state index contributed by atoms with van der Waals surface area (Å²) < 4.78 is 1.88. The maximum absolute atomic E-state index is 4.49. The fraction of sp³-hybridized carbons (Fsp3) is 0.400. The van der Waals surface area contributed by atoms with Gasteiger partial charge in [-0.15, -0.1) is 0 Å². The van der Waals surface area contributed by atoms with Gasteiger partial charge in [-0.05, 0) is 25.3 Å². The zero-order valence-electron chi connectivity index (χ0n) is 7.57. The van der Waals surface area contributed by atoms with E-state index in [1.165, 1.54) is 18.5 Å². The van der Waals surface area contributed by atoms with Crippen LogP contribution in [0.15, 0.2) is 18.5 Å². The molecule has 2 aromatic rings. The molecule has 0 bridgehead atoms. The monoisotopic (exact) mass is 173 g/mol. The van der Waals surface area contributed by atoms with E-state index in [0.717, 1.165) is 11.2 Å². The van der Waals surface area contributed by atoms with Gasteiger partial charge in [0, 0.05) is 24.4 Å². The van der Waals surface area contributed by atoms with E-state index in [2.05, 4.69) is 16.1 Å². The lowest BCUT2D eigenvalue weighted by atomic mass is 10.3. The zero-order valence-corrected chi connectivity index (χ0v) is 7.57. The van der Waals surface area contributed by atoms with Gasteiger partial charge >= 0.3 is 0 Å². The molecule has 2 aromatic heterocycles. The van der Waals surface area contributed by atoms with Crippen molar-refractivity contribution in [2.45, 2.75) is 25.7 Å². The molecule has 0 atom stereocenters. The highest BCUT2D eigenvalue weighted by atomic mass is 15.2. The number of fused-ring (bicyclic) bond motifs is 1. The van der Waals surface area contributed by atoms with Gasteiger partial charge in [-0.3, -0.25) is 0 Å². The van der Waals surface area contributed by atoms with Crippen LogP contribution in [0.1, 0.15) is 30.0 Å². The van der Waals surface area contributed by atoms with Crippen molar-refractivity contribution in [1.29, 1.82) is 0 Å². The third-order valence-corrected chi connectivity index (χ3v) is 2.46. The predicted molar refractivity (Wildman–Crippen MR) is 49.7 cm³/mol. The Labute approximate surface area is 76.4 Å². The third kappa shape index (κ3) is 1.11. The second-order valence-corrected chi connectivity index (χ2v) is 3.78. The second kappa shape index (κ2) is 2.31. The number of aryl methyl sites for hydroxylation is 1. The normalized spacial score (nSPS) is 16.7. The van der Waals surface area contributed by atoms with Crippen molar-refractivity contribution in [3.05, 3.63) is 29.7 Å². The standard InChI is InChI=1S/C10H11N3/c1-7-5-11-10-4-9(8-2-3-8)12-13(10)6-7/h4-6,8H,2-3H2,1H3. The molecule has 0 spiro atoms. The van der Waals surface area contributed by atoms with Crippen molar-refractivity contribution in [2.24, 2.45) is 0 Å². The molecule has 0 aromatic carbocycles. The van der Waals surface area contributed by atoms with Crippen LogP contribution in [0.2, 0.25) is 0 Å². The van der Waals surface area contributed by atoms with E-state index in [0.29, 0.717) is 5.92 Å². The van der Waals surface area contributed by atoms with Gasteiger partial charge < -0.3 is 0 Å². The Hall–Kier alpha value is -1.38. The first-order valence-electron chi connectivity index (χ1n) is 4.65. The molecule has 0 amide bonds. The minimum absolute atomic E-state index is 0.710. The van der Waals surface area contributed by atoms with Crippen molar-refractivity contribution in [1.82, 2.24) is 14.6 Å². The first kappa shape index (κ1) is 7.06. The first-order chi connectivity index (χ1) is 6.33. The van der Waals surface area contributed by atoms with Crippen LogP contribution in [0.3, 0.4) is 0 Å². The van der Waals surface area contributed by atoms with Crippen molar-refractivity contribution in [3.63, 3.8) is 0 Å². The number of hydrogen-bond acceptors (Lipinski definition) is 2. The van der Waals surface area contributed by atoms with Crippen molar-refractivity contribution >= 4 is 5.65 Å². The maximum atomic E-state index is 4.49. The van der Waals surface area contributed by atoms with E-state index >= 15 is 0 Å². The van der Waals surface area contributed by atoms with Crippen LogP contribution < -0.4 is 0 Å². The first-order valence-corrected chi connectivity index (χ1v) is 4.65. The van der Waals surface area contributed by atoms with Gasteiger partial charge in [0.1, 0.15) is 0 Å². The maximum Gasteiger partial charge on any atom is 0.155 e. The molecule has 3 nitrogen and oxygen atoms in total. The molecule has 1 saturated carbocycles. The summed E-state index contributed by atoms with van der Waals surface area (Å²) in [7, 11) is 0. The summed E-state index contributed by atoms with van der Waals surface area (Å²) >= 11 is 0. The minimum Gasteiger partial charge on any atom is -0.237 e. The van der Waals surface area contributed by atoms with Gasteiger partial charge in [-0.1, -0.05) is 0 Å². The van der Waals surface area contributed by atoms with Crippen molar-refractivity contribution in [2.75, 3.05) is 0 Å². The van der Waals surface area contributed by atoms with Gasteiger partial charge in [0.25, 0.3) is 0 Å². The van der Waals surface area contributed by atoms with Crippen LogP contribution in [-0.4, -0.2) is 14.6 Å². The smallest absolute Gasteiger partial charge is 0.155 e. The molecule has 66 valence electrons. The molecule has 0 aliphatic heterocycles. The quantitative estimate of drug-likeness (QED) is 0.659. The average molecular weight is 173 g/mol. The number of nitrogens with zero attached hydrogens (tertiary/aromatic N) is 3. The molecule has 0 unspecified atom stereocenters. The summed E-state index contributed by atoms with van der Waals surface area (Å²) in [6, 6.07) is 2.09. The largest absolute Gasteiger partial charge is 0.237 e. The highest BCUT2D eigenvalue weighted by Gasteiger charge is 2.26. The Bertz CT molecular complexity index is 454. The molecule has 2 heterocycles. The Kier molecular flexibility index (Phi) is 1.26. The van der Waals surface area contributed by atoms with E-state index in [1.54, 1.807) is 0 Å². The molecular weight excluding hydrogens is 162 g/mol. The summed E-state index contributed by atoms with van der Waals surface area (Å²) in [4.78, 5) is 4.31. The van der Waals surface area contributed by atoms with Crippen LogP contribution in [0.5, 0.6) is 0 Å². The minimum atomic E-state index is 0.710. The van der Waals surface area contributed by atoms with E-state index in [1.807, 2.05) is 23.8 Å². The number of rotatable bonds is 1. The lowest BCUT2D eigenvalue weighted by Gasteiger charge is -1.92. The van der Waals surface area contributed by atoms with Gasteiger partial charge in [-0.2, -0.15) is 5.10 Å². The number of hydrogen-bond donors (Lipinski definition) is 0. The molecule has 0 saturated heterocycles. The molecular formula is C10H11N3. The molecule has 0 N–H and O–H groups in total. The highest BCUT2D eigenvalue weighted by Crippen LogP contribution is 2.39. The zero-order chi connectivity index (χ0) is 8.84. The fourth-order valence-electron chi connectivity index (χ4n) is 1.57. The molecule has 1 aliphatic carbocycles. The van der Waals surface area contributed by atoms with E-state index in [-0.39, 0.29) is 0 Å². The molecule has 0 radical (unpaired) electrons. The van der Waals surface area contributed by atoms with Crippen LogP contribution in [-0.2, 0) is 0 Å². The van der Waals surface area contributed by atoms with Gasteiger partial charge in [0.05, 0.1) is 5.69 Å². The topological polar surface area (TPSA) is 30.2 Å². The Balaban J connectivity index is 2.20. The van der Waals surface area contributed by atoms with Gasteiger partial charge in [0.15, 0.2) is 5.65 Å². The van der Waals surface area contributed by atoms with E-state index in [9.17, 15) is 0 Å². The van der Waals surface area contributed by atoms with Gasteiger partial charge in [-0.25, -0.2) is 9.50 Å². The SMILES string of the molecule is Cc1cnc2cc(C3CC3)nn2c1. The lowest BCUT2D eigenvalue weighted by Crippen LogP contribution is -1.90. The average Bonchev–Trinajstić information content (AvgIpc) is 2.87. The molecule has 1 aliphatic rings. The van der Waals surface area contributed by atoms with Crippen LogP contribution in [0.25, 0.3) is 5.65 Å². The second-order valence-electron chi connectivity index (χ2n) is 3.78. The van der Waals surface area contributed by atoms with Crippen LogP contribution >= 0.6 is 0 Å². The van der Waals surface area contributed by atoms with Crippen molar-refractivity contribution < 1.29 is 0 Å². The summed E-state index contributed by atoms with van der Waals surface area (Å²) in [6.07, 6.45) is 6.49. The molecule has 3 heteroatoms. The molecule has 13 heavy (non-hydrogen) atoms. The van der Waals surface area contributed by atoms with Crippen LogP contribution in [0.4, 0.5) is 0 Å². The van der Waals surface area contributed by atoms with E-state index < -0.39 is 0 Å². The molecule has 3 rings (SSSR count). The number of aromatic nitrogens is 3. The summed E-state index contributed by atoms with van der Waals surface area (Å²) in [5.74, 6) is 0.710. The lowest BCUT2D eigenvalue weighted by molar-refractivity contribution is 0.875. The Morgan fingerprint density at radius 2 is 2.31 bits per heavy atom. The van der Waals surface area contributed by atoms with Gasteiger partial charge in [0.2, 0.25) is 0 Å². The third-order valence-electron chi connectivity index (χ3n) is 2.46.